The largest absolute Gasteiger partial charge is 0.519 e. The number of hydrogen-bond donors (Lipinski definition) is 4. The second-order valence-corrected chi connectivity index (χ2v) is 43.6. The molecular formula is C108H131N15O25. The fraction of sp³-hybridized carbons (Fsp3) is 0.583. The van der Waals surface area contributed by atoms with E-state index in [-0.39, 0.29) is 134 Å². The van der Waals surface area contributed by atoms with Gasteiger partial charge in [0.1, 0.15) is 95.8 Å². The normalized spacial score (nSPS) is 25.3. The Bertz CT molecular complexity index is 6830. The molecule has 8 aliphatic carbocycles. The van der Waals surface area contributed by atoms with Crippen molar-refractivity contribution in [3.05, 3.63) is 116 Å². The highest BCUT2D eigenvalue weighted by Gasteiger charge is 2.60. The summed E-state index contributed by atoms with van der Waals surface area (Å²) in [6.45, 7) is 25.9. The van der Waals surface area contributed by atoms with Gasteiger partial charge in [0.05, 0.1) is 61.6 Å². The molecule has 788 valence electrons. The first-order chi connectivity index (χ1) is 70.0. The maximum atomic E-state index is 13.9. The summed E-state index contributed by atoms with van der Waals surface area (Å²) in [6.07, 6.45) is 35.2. The Morgan fingerprint density at radius 3 is 1.32 bits per heavy atom. The van der Waals surface area contributed by atoms with E-state index in [1.54, 1.807) is 59.3 Å². The number of benzene rings is 2. The standard InChI is InChI=1S/C38H47N5O7.C37H45N5O7.C33H39N5O11/c1-8-38(20-47-30(45)19-36(6,7)31-23(3)14-22(2)15-27(31)48-25(5)44)28(49-35(46)26-17-37(18-26)12-10-9-11-13-37)16-29(50-38)43-21-40-32-33(39)41-24(4)42-34(32)43;1-8-37(19-46-29(44)18-35(6,7)30-22(3)15-21(2)16-26(30)47-24(5)43)27(48-34(45)36-12-9-25(10-13-36)11-14-36)17-28(49-37)42-20-39-31-32(38)40-23(4)41-33(31)42;1-6-33(16-39)22(47-28(41)32-10-7-20(8-11-32)9-12-32)13-23(48-33)38-17-34-25-26(35-19(3)36-27(25)38)37-29(42)49-31(4,5)14-24(40)44-15-21-18(2)45-30(43)46-21/h1,14-15,21,26,28-29H,9-13,16-20H2,2-7H3,(H2,39,41,42);1,15-16,20,25,27-28H,9-14,17-19H2,2-7H3,(H2,38,40,41);1,17,20,22-23,39H,7-16H2,2-5H3,(H,35,36,37,42)/t28-,29+,38+;25?,27-,28+,36?,37+;20?,22-,23+,32?,33+/m000/s1. The van der Waals surface area contributed by atoms with Crippen LogP contribution in [0.2, 0.25) is 0 Å². The Labute approximate surface area is 856 Å². The number of rotatable bonds is 28. The van der Waals surface area contributed by atoms with E-state index in [1.165, 1.54) is 60.2 Å². The number of ether oxygens (including phenoxy) is 12. The molecule has 9 atom stereocenters. The summed E-state index contributed by atoms with van der Waals surface area (Å²) in [6, 6.07) is 7.53. The van der Waals surface area contributed by atoms with Gasteiger partial charge >= 0.3 is 59.7 Å². The van der Waals surface area contributed by atoms with Gasteiger partial charge in [0.15, 0.2) is 63.6 Å². The third-order valence-electron chi connectivity index (χ3n) is 31.0. The van der Waals surface area contributed by atoms with Crippen LogP contribution < -0.4 is 32.1 Å². The number of imidazole rings is 3. The molecule has 1 amide bonds. The Morgan fingerprint density at radius 1 is 0.507 bits per heavy atom. The van der Waals surface area contributed by atoms with Crippen LogP contribution in [-0.4, -0.2) is 178 Å². The lowest BCUT2D eigenvalue weighted by molar-refractivity contribution is -0.180. The monoisotopic (exact) mass is 2040 g/mol. The van der Waals surface area contributed by atoms with Gasteiger partial charge in [0, 0.05) is 55.1 Å². The van der Waals surface area contributed by atoms with Crippen molar-refractivity contribution in [1.29, 1.82) is 0 Å². The quantitative estimate of drug-likeness (QED) is 0.0153. The van der Waals surface area contributed by atoms with Crippen molar-refractivity contribution in [3.8, 4) is 48.5 Å². The number of hydrogen-bond acceptors (Lipinski definition) is 36. The van der Waals surface area contributed by atoms with Crippen LogP contribution in [0.1, 0.15) is 297 Å². The van der Waals surface area contributed by atoms with E-state index in [2.05, 4.69) is 67.9 Å². The maximum absolute atomic E-state index is 13.9. The number of terminal acetylenes is 3. The van der Waals surface area contributed by atoms with E-state index in [0.29, 0.717) is 57.3 Å². The molecular weight excluding hydrogens is 1910 g/mol. The lowest BCUT2D eigenvalue weighted by atomic mass is 9.56. The molecule has 3 aliphatic heterocycles. The number of carbonyl (C=O) groups is 9. The SMILES string of the molecule is C#C[C@]1(CO)O[C@@H](n2cnc3c(NC(=O)OC(C)(C)CC(=O)OCc4oc(=O)oc4C)nc(C)nc32)C[C@@H]1OC(=O)C12CCC(CC1)CC2.C#C[C@]1(COC(=O)CC(C)(C)c2c(C)cc(C)cc2OC(C)=O)O[C@@H](n2cnc3c(N)nc(C)nc32)C[C@@H]1OC(=O)C12CCC(CC1)CC2.C#C[C@]1(COC(=O)CC(C)(C)c2c(C)cc(C)cc2OC(C)=O)O[C@@H](n2cnc3c(N)nc(C)nc32)C[C@@H]1OC(=O)C1CC2(CCCCC2)C1. The summed E-state index contributed by atoms with van der Waals surface area (Å²) in [4.78, 5) is 168. The van der Waals surface area contributed by atoms with Gasteiger partial charge in [0.2, 0.25) is 11.2 Å². The van der Waals surface area contributed by atoms with Gasteiger partial charge in [-0.25, -0.2) is 54.4 Å². The highest BCUT2D eigenvalue weighted by atomic mass is 16.6. The van der Waals surface area contributed by atoms with Gasteiger partial charge in [-0.15, -0.1) is 19.3 Å². The maximum Gasteiger partial charge on any atom is 0.519 e. The number of aliphatic hydroxyl groups is 1. The number of amides is 1. The van der Waals surface area contributed by atoms with Crippen LogP contribution in [0.3, 0.4) is 0 Å². The van der Waals surface area contributed by atoms with Crippen molar-refractivity contribution < 1.29 is 114 Å². The van der Waals surface area contributed by atoms with Gasteiger partial charge in [-0.05, 0) is 224 Å². The molecule has 20 rings (SSSR count). The van der Waals surface area contributed by atoms with Gasteiger partial charge in [0.25, 0.3) is 0 Å². The summed E-state index contributed by atoms with van der Waals surface area (Å²) in [5.74, 6) is 7.33. The van der Waals surface area contributed by atoms with E-state index < -0.39 is 129 Å². The van der Waals surface area contributed by atoms with Crippen molar-refractivity contribution >= 4 is 105 Å². The number of fused-ring (bicyclic) bond motifs is 9. The lowest BCUT2D eigenvalue weighted by Crippen LogP contribution is -2.49. The smallest absolute Gasteiger partial charge is 0.461 e. The molecule has 11 fully saturated rings. The second kappa shape index (κ2) is 42.1. The number of carbonyl (C=O) groups excluding carboxylic acids is 9. The van der Waals surface area contributed by atoms with Crippen molar-refractivity contribution in [3.63, 3.8) is 0 Å². The Balaban J connectivity index is 0.000000158. The van der Waals surface area contributed by atoms with Crippen LogP contribution in [0, 0.1) is 126 Å². The summed E-state index contributed by atoms with van der Waals surface area (Å²) in [7, 11) is 0. The minimum absolute atomic E-state index is 0.0356. The highest BCUT2D eigenvalue weighted by Crippen LogP contribution is 2.58. The zero-order valence-electron chi connectivity index (χ0n) is 86.7. The molecule has 7 aromatic heterocycles. The van der Waals surface area contributed by atoms with E-state index in [9.17, 15) is 53.1 Å². The molecule has 1 spiro atoms. The first kappa shape index (κ1) is 107. The molecule has 0 unspecified atom stereocenters. The van der Waals surface area contributed by atoms with Crippen molar-refractivity contribution in [2.45, 2.75) is 348 Å². The average Bonchev–Trinajstić information content (AvgIpc) is 1.58. The van der Waals surface area contributed by atoms with E-state index >= 15 is 0 Å². The molecule has 3 saturated heterocycles. The average molecular weight is 2040 g/mol. The molecule has 40 nitrogen and oxygen atoms in total. The first-order valence-corrected chi connectivity index (χ1v) is 50.6. The number of anilines is 3. The molecule has 2 aromatic carbocycles. The van der Waals surface area contributed by atoms with Crippen LogP contribution in [0.15, 0.2) is 56.9 Å². The molecule has 10 heterocycles. The summed E-state index contributed by atoms with van der Waals surface area (Å²) >= 11 is 0. The molecule has 0 radical (unpaired) electrons. The Kier molecular flexibility index (Phi) is 30.4. The number of nitrogens with two attached hydrogens (primary N) is 2. The molecule has 40 heteroatoms. The van der Waals surface area contributed by atoms with Crippen molar-refractivity contribution in [2.24, 2.45) is 34.0 Å². The third-order valence-corrected chi connectivity index (χ3v) is 31.0. The fourth-order valence-corrected chi connectivity index (χ4v) is 23.5. The number of aliphatic hydroxyl groups excluding tert-OH is 1. The highest BCUT2D eigenvalue weighted by molar-refractivity contribution is 5.94. The molecule has 148 heavy (non-hydrogen) atoms. The van der Waals surface area contributed by atoms with Gasteiger partial charge in [-0.2, -0.15) is 0 Å². The van der Waals surface area contributed by atoms with Gasteiger partial charge in [-0.1, -0.05) is 76.9 Å². The molecule has 11 aliphatic rings. The second-order valence-electron chi connectivity index (χ2n) is 43.6. The van der Waals surface area contributed by atoms with Crippen LogP contribution in [0.5, 0.6) is 11.5 Å². The zero-order valence-corrected chi connectivity index (χ0v) is 86.7. The van der Waals surface area contributed by atoms with Gasteiger partial charge in [-0.3, -0.25) is 57.4 Å². The Morgan fingerprint density at radius 2 is 0.905 bits per heavy atom. The first-order valence-electron chi connectivity index (χ1n) is 50.6. The minimum atomic E-state index is -1.59. The molecule has 8 saturated carbocycles. The van der Waals surface area contributed by atoms with E-state index in [0.717, 1.165) is 136 Å². The number of aryl methyl sites for hydroxylation is 8. The van der Waals surface area contributed by atoms with E-state index in [4.69, 9.17) is 96.4 Å². The van der Waals surface area contributed by atoms with E-state index in [1.807, 2.05) is 67.5 Å². The summed E-state index contributed by atoms with van der Waals surface area (Å²) < 4.78 is 85.9. The number of nitrogens with one attached hydrogen (secondary N) is 1. The fourth-order valence-electron chi connectivity index (χ4n) is 23.5. The minimum Gasteiger partial charge on any atom is -0.461 e. The van der Waals surface area contributed by atoms with Crippen LogP contribution in [0.4, 0.5) is 22.2 Å². The number of aromatic nitrogens is 12. The van der Waals surface area contributed by atoms with Crippen LogP contribution in [0.25, 0.3) is 33.5 Å². The van der Waals surface area contributed by atoms with Crippen molar-refractivity contribution in [1.82, 2.24) is 58.6 Å². The Hall–Kier alpha value is -13.8. The molecule has 6 N–H and O–H groups in total. The van der Waals surface area contributed by atoms with Crippen molar-refractivity contribution in [2.75, 3.05) is 36.6 Å². The third kappa shape index (κ3) is 22.4. The number of nitrogen functional groups attached to an aromatic ring is 2. The predicted octanol–water partition coefficient (Wildman–Crippen LogP) is 14.7. The molecule has 9 aromatic rings. The zero-order chi connectivity index (χ0) is 106. The molecule has 4 bridgehead atoms. The van der Waals surface area contributed by atoms with Crippen LogP contribution >= 0.6 is 0 Å². The number of nitrogens with zero attached hydrogens (tertiary/aromatic N) is 12. The number of esters is 8. The summed E-state index contributed by atoms with van der Waals surface area (Å²) in [5.41, 5.74) is 11.1. The summed E-state index contributed by atoms with van der Waals surface area (Å²) in [5, 5.41) is 12.9. The lowest BCUT2D eigenvalue weighted by Gasteiger charge is -2.49. The predicted molar refractivity (Wildman–Crippen MR) is 532 cm³/mol. The topological polar surface area (TPSA) is 523 Å². The van der Waals surface area contributed by atoms with Crippen LogP contribution in [-0.2, 0) is 103 Å². The van der Waals surface area contributed by atoms with Gasteiger partial charge < -0.3 is 82.3 Å².